The number of thiophene rings is 1. The molecule has 1 aromatic carbocycles. The molecule has 4 rings (SSSR count). The van der Waals surface area contributed by atoms with Crippen LogP contribution in [-0.4, -0.2) is 51.0 Å². The zero-order valence-corrected chi connectivity index (χ0v) is 19.4. The minimum Gasteiger partial charge on any atom is -0.488 e. The average Bonchev–Trinajstić information content (AvgIpc) is 3.13. The number of carbonyl (C=O) groups is 2. The van der Waals surface area contributed by atoms with E-state index >= 15 is 0 Å². The van der Waals surface area contributed by atoms with Gasteiger partial charge >= 0.3 is 5.97 Å². The minimum absolute atomic E-state index is 0.0435. The first-order valence-electron chi connectivity index (χ1n) is 10.7. The van der Waals surface area contributed by atoms with Crippen LogP contribution in [0.2, 0.25) is 0 Å². The van der Waals surface area contributed by atoms with E-state index < -0.39 is 11.8 Å². The fourth-order valence-electron chi connectivity index (χ4n) is 4.18. The van der Waals surface area contributed by atoms with E-state index in [4.69, 9.17) is 4.74 Å². The Morgan fingerprint density at radius 2 is 1.97 bits per heavy atom. The van der Waals surface area contributed by atoms with Crippen molar-refractivity contribution in [2.75, 3.05) is 12.4 Å². The molecule has 2 heterocycles. The van der Waals surface area contributed by atoms with Crippen molar-refractivity contribution in [3.05, 3.63) is 40.8 Å². The molecular formula is C23H25FN4O4S. The van der Waals surface area contributed by atoms with E-state index in [9.17, 15) is 19.1 Å². The van der Waals surface area contributed by atoms with Crippen LogP contribution in [0.4, 0.5) is 15.9 Å². The molecule has 0 radical (unpaired) electrons. The molecule has 0 atom stereocenters. The van der Waals surface area contributed by atoms with Crippen LogP contribution in [0.15, 0.2) is 24.5 Å². The van der Waals surface area contributed by atoms with Gasteiger partial charge in [0.25, 0.3) is 0 Å². The van der Waals surface area contributed by atoms with Crippen molar-refractivity contribution in [3.63, 3.8) is 0 Å². The number of carboxylic acids is 1. The summed E-state index contributed by atoms with van der Waals surface area (Å²) in [7, 11) is 1.81. The maximum Gasteiger partial charge on any atom is 0.346 e. The van der Waals surface area contributed by atoms with Gasteiger partial charge in [-0.3, -0.25) is 4.79 Å². The van der Waals surface area contributed by atoms with Crippen molar-refractivity contribution in [2.45, 2.75) is 51.7 Å². The Kier molecular flexibility index (Phi) is 6.46. The Balaban J connectivity index is 1.57. The molecule has 1 aliphatic rings. The number of ether oxygens (including phenoxy) is 1. The third-order valence-corrected chi connectivity index (χ3v) is 7.29. The molecule has 2 aromatic heterocycles. The highest BCUT2D eigenvalue weighted by Crippen LogP contribution is 2.37. The molecule has 0 bridgehead atoms. The maximum atomic E-state index is 14.1. The first-order chi connectivity index (χ1) is 15.7. The number of hydrogen-bond acceptors (Lipinski definition) is 7. The number of aryl methyl sites for hydroxylation is 1. The van der Waals surface area contributed by atoms with Crippen LogP contribution in [-0.2, 0) is 4.79 Å². The van der Waals surface area contributed by atoms with E-state index in [2.05, 4.69) is 15.3 Å². The van der Waals surface area contributed by atoms with Gasteiger partial charge in [0.15, 0.2) is 0 Å². The van der Waals surface area contributed by atoms with Crippen LogP contribution in [0.25, 0.3) is 10.2 Å². The molecule has 1 saturated carbocycles. The monoisotopic (exact) mass is 472 g/mol. The third-order valence-electron chi connectivity index (χ3n) is 6.10. The van der Waals surface area contributed by atoms with Crippen LogP contribution in [0, 0.1) is 12.7 Å². The van der Waals surface area contributed by atoms with Gasteiger partial charge in [0, 0.05) is 26.1 Å². The van der Waals surface area contributed by atoms with Crippen molar-refractivity contribution in [3.8, 4) is 5.75 Å². The number of aromatic nitrogens is 2. The quantitative estimate of drug-likeness (QED) is 0.533. The SMILES string of the molecule is CC(=O)N(C)C1CCC(Oc2cc(F)ccc2Nc2ncnc3sc(C(=O)O)c(C)c23)CC1. The van der Waals surface area contributed by atoms with Gasteiger partial charge in [-0.25, -0.2) is 19.2 Å². The van der Waals surface area contributed by atoms with E-state index in [0.29, 0.717) is 33.0 Å². The van der Waals surface area contributed by atoms with E-state index in [1.165, 1.54) is 18.5 Å². The molecule has 1 aliphatic carbocycles. The van der Waals surface area contributed by atoms with E-state index in [0.717, 1.165) is 37.0 Å². The van der Waals surface area contributed by atoms with Crippen LogP contribution < -0.4 is 10.1 Å². The first-order valence-corrected chi connectivity index (χ1v) is 11.5. The average molecular weight is 473 g/mol. The zero-order valence-electron chi connectivity index (χ0n) is 18.6. The third kappa shape index (κ3) is 4.75. The second-order valence-electron chi connectivity index (χ2n) is 8.21. The number of aromatic carboxylic acids is 1. The van der Waals surface area contributed by atoms with Gasteiger partial charge in [-0.1, -0.05) is 0 Å². The number of nitrogens with one attached hydrogen (secondary N) is 1. The molecule has 0 unspecified atom stereocenters. The summed E-state index contributed by atoms with van der Waals surface area (Å²) in [6.45, 7) is 3.28. The highest BCUT2D eigenvalue weighted by Gasteiger charge is 2.27. The highest BCUT2D eigenvalue weighted by molar-refractivity contribution is 7.20. The Morgan fingerprint density at radius 3 is 2.64 bits per heavy atom. The Labute approximate surface area is 194 Å². The van der Waals surface area contributed by atoms with Crippen molar-refractivity contribution in [2.24, 2.45) is 0 Å². The minimum atomic E-state index is -1.02. The number of carboxylic acid groups (broad SMARTS) is 1. The predicted octanol–water partition coefficient (Wildman–Crippen LogP) is 4.75. The smallest absolute Gasteiger partial charge is 0.346 e. The fraction of sp³-hybridized carbons (Fsp3) is 0.391. The summed E-state index contributed by atoms with van der Waals surface area (Å²) in [6.07, 6.45) is 4.40. The molecule has 1 amide bonds. The summed E-state index contributed by atoms with van der Waals surface area (Å²) in [5.41, 5.74) is 1.10. The number of rotatable bonds is 6. The molecule has 2 N–H and O–H groups in total. The highest BCUT2D eigenvalue weighted by atomic mass is 32.1. The normalized spacial score (nSPS) is 18.2. The molecule has 33 heavy (non-hydrogen) atoms. The lowest BCUT2D eigenvalue weighted by Crippen LogP contribution is -2.40. The second kappa shape index (κ2) is 9.30. The van der Waals surface area contributed by atoms with Crippen LogP contribution in [0.5, 0.6) is 5.75 Å². The van der Waals surface area contributed by atoms with Crippen LogP contribution >= 0.6 is 11.3 Å². The molecule has 8 nitrogen and oxygen atoms in total. The van der Waals surface area contributed by atoms with Gasteiger partial charge < -0.3 is 20.1 Å². The molecule has 3 aromatic rings. The molecular weight excluding hydrogens is 447 g/mol. The summed E-state index contributed by atoms with van der Waals surface area (Å²) in [5.74, 6) is -0.602. The Hall–Kier alpha value is -3.27. The van der Waals surface area contributed by atoms with Crippen molar-refractivity contribution < 1.29 is 23.8 Å². The topological polar surface area (TPSA) is 105 Å². The van der Waals surface area contributed by atoms with Gasteiger partial charge in [-0.05, 0) is 50.3 Å². The summed E-state index contributed by atoms with van der Waals surface area (Å²) in [5, 5.41) is 13.2. The Bertz CT molecular complexity index is 1210. The summed E-state index contributed by atoms with van der Waals surface area (Å²) in [6, 6.07) is 4.42. The number of benzene rings is 1. The maximum absolute atomic E-state index is 14.1. The molecule has 0 saturated heterocycles. The van der Waals surface area contributed by atoms with Gasteiger partial charge in [0.2, 0.25) is 5.91 Å². The first kappa shape index (κ1) is 22.9. The van der Waals surface area contributed by atoms with Gasteiger partial charge in [0.05, 0.1) is 17.2 Å². The number of halogens is 1. The van der Waals surface area contributed by atoms with Crippen molar-refractivity contribution in [1.82, 2.24) is 14.9 Å². The molecule has 0 aliphatic heterocycles. The Morgan fingerprint density at radius 1 is 1.24 bits per heavy atom. The van der Waals surface area contributed by atoms with E-state index in [1.807, 2.05) is 7.05 Å². The lowest BCUT2D eigenvalue weighted by atomic mass is 9.92. The number of carbonyl (C=O) groups excluding carboxylic acids is 1. The van der Waals surface area contributed by atoms with Crippen LogP contribution in [0.3, 0.4) is 0 Å². The molecule has 0 spiro atoms. The summed E-state index contributed by atoms with van der Waals surface area (Å²) in [4.78, 5) is 34.2. The van der Waals surface area contributed by atoms with Crippen LogP contribution in [0.1, 0.15) is 47.8 Å². The predicted molar refractivity (Wildman–Crippen MR) is 124 cm³/mol. The molecule has 1 fully saturated rings. The summed E-state index contributed by atoms with van der Waals surface area (Å²) < 4.78 is 20.2. The number of fused-ring (bicyclic) bond motifs is 1. The number of hydrogen-bond donors (Lipinski definition) is 2. The lowest BCUT2D eigenvalue weighted by Gasteiger charge is -2.34. The zero-order chi connectivity index (χ0) is 23.7. The number of anilines is 2. The standard InChI is InChI=1S/C23H25FN4O4S/c1-12-19-21(25-11-26-22(19)33-20(12)23(30)31)27-17-9-4-14(24)10-18(17)32-16-7-5-15(6-8-16)28(3)13(2)29/h4,9-11,15-16H,5-8H2,1-3H3,(H,30,31)(H,25,26,27). The lowest BCUT2D eigenvalue weighted by molar-refractivity contribution is -0.130. The summed E-state index contributed by atoms with van der Waals surface area (Å²) >= 11 is 1.09. The largest absolute Gasteiger partial charge is 0.488 e. The fourth-order valence-corrected chi connectivity index (χ4v) is 5.17. The second-order valence-corrected chi connectivity index (χ2v) is 9.21. The van der Waals surface area contributed by atoms with E-state index in [-0.39, 0.29) is 22.9 Å². The molecule has 174 valence electrons. The van der Waals surface area contributed by atoms with E-state index in [1.54, 1.807) is 24.8 Å². The van der Waals surface area contributed by atoms with Crippen molar-refractivity contribution in [1.29, 1.82) is 0 Å². The number of amides is 1. The molecule has 10 heteroatoms. The van der Waals surface area contributed by atoms with Gasteiger partial charge in [-0.15, -0.1) is 11.3 Å². The van der Waals surface area contributed by atoms with Crippen molar-refractivity contribution >= 4 is 44.9 Å². The van der Waals surface area contributed by atoms with Gasteiger partial charge in [-0.2, -0.15) is 0 Å². The number of nitrogens with zero attached hydrogens (tertiary/aromatic N) is 3. The van der Waals surface area contributed by atoms with Gasteiger partial charge in [0.1, 0.15) is 33.4 Å².